The van der Waals surface area contributed by atoms with Crippen LogP contribution in [0.4, 0.5) is 0 Å². The lowest BCUT2D eigenvalue weighted by molar-refractivity contribution is 0.0908. The summed E-state index contributed by atoms with van der Waals surface area (Å²) in [5.74, 6) is -0.0766. The minimum Gasteiger partial charge on any atom is -0.383 e. The van der Waals surface area contributed by atoms with Crippen LogP contribution in [0.5, 0.6) is 0 Å². The van der Waals surface area contributed by atoms with Crippen molar-refractivity contribution < 1.29 is 9.53 Å². The van der Waals surface area contributed by atoms with Crippen LogP contribution in [0.25, 0.3) is 10.8 Å². The first kappa shape index (κ1) is 14.0. The third kappa shape index (κ3) is 3.55. The molecule has 1 amide bonds. The van der Waals surface area contributed by atoms with E-state index in [0.717, 1.165) is 10.8 Å². The van der Waals surface area contributed by atoms with Gasteiger partial charge in [-0.25, -0.2) is 0 Å². The minimum atomic E-state index is -0.0766. The molecule has 0 aromatic heterocycles. The number of amides is 1. The molecule has 0 heterocycles. The van der Waals surface area contributed by atoms with Gasteiger partial charge < -0.3 is 10.1 Å². The van der Waals surface area contributed by atoms with E-state index in [1.165, 1.54) is 0 Å². The molecule has 0 bridgehead atoms. The van der Waals surface area contributed by atoms with Gasteiger partial charge in [0.1, 0.15) is 0 Å². The summed E-state index contributed by atoms with van der Waals surface area (Å²) in [6, 6.07) is 13.7. The zero-order valence-corrected chi connectivity index (χ0v) is 12.3. The Morgan fingerprint density at radius 3 is 2.68 bits per heavy atom. The maximum Gasteiger partial charge on any atom is 0.251 e. The average molecular weight is 322 g/mol. The van der Waals surface area contributed by atoms with Crippen LogP contribution in [0, 0.1) is 0 Å². The molecule has 2 aromatic rings. The van der Waals surface area contributed by atoms with E-state index < -0.39 is 0 Å². The Morgan fingerprint density at radius 1 is 1.26 bits per heavy atom. The third-order valence-corrected chi connectivity index (χ3v) is 3.68. The number of carbonyl (C=O) groups is 1. The van der Waals surface area contributed by atoms with Crippen molar-refractivity contribution >= 4 is 32.6 Å². The molecule has 1 N–H and O–H groups in total. The maximum atomic E-state index is 12.1. The molecule has 0 aliphatic rings. The van der Waals surface area contributed by atoms with Gasteiger partial charge in [0.05, 0.1) is 12.6 Å². The topological polar surface area (TPSA) is 38.3 Å². The molecule has 1 unspecified atom stereocenters. The van der Waals surface area contributed by atoms with E-state index in [-0.39, 0.29) is 11.9 Å². The van der Waals surface area contributed by atoms with Crippen molar-refractivity contribution in [2.24, 2.45) is 0 Å². The monoisotopic (exact) mass is 321 g/mol. The number of nitrogens with one attached hydrogen (secondary N) is 1. The summed E-state index contributed by atoms with van der Waals surface area (Å²) in [6.07, 6.45) is 0. The summed E-state index contributed by atoms with van der Waals surface area (Å²) in [4.78, 5) is 12.1. The second-order valence-corrected chi connectivity index (χ2v) is 4.99. The minimum absolute atomic E-state index is 0.0241. The molecule has 19 heavy (non-hydrogen) atoms. The number of carbonyl (C=O) groups excluding carboxylic acids is 1. The van der Waals surface area contributed by atoms with Crippen molar-refractivity contribution in [3.8, 4) is 0 Å². The van der Waals surface area contributed by atoms with E-state index in [0.29, 0.717) is 17.5 Å². The molecule has 100 valence electrons. The Labute approximate surface area is 121 Å². The predicted molar refractivity (Wildman–Crippen MR) is 80.9 cm³/mol. The van der Waals surface area contributed by atoms with Crippen molar-refractivity contribution in [3.63, 3.8) is 0 Å². The van der Waals surface area contributed by atoms with Gasteiger partial charge in [0, 0.05) is 18.0 Å². The third-order valence-electron chi connectivity index (χ3n) is 2.90. The fourth-order valence-corrected chi connectivity index (χ4v) is 2.27. The van der Waals surface area contributed by atoms with Gasteiger partial charge in [-0.05, 0) is 22.9 Å². The lowest BCUT2D eigenvalue weighted by atomic mass is 10.1. The quantitative estimate of drug-likeness (QED) is 0.860. The summed E-state index contributed by atoms with van der Waals surface area (Å²) in [7, 11) is 1.62. The smallest absolute Gasteiger partial charge is 0.251 e. The van der Waals surface area contributed by atoms with Gasteiger partial charge >= 0.3 is 0 Å². The van der Waals surface area contributed by atoms with Gasteiger partial charge in [-0.2, -0.15) is 0 Å². The summed E-state index contributed by atoms with van der Waals surface area (Å²) >= 11 is 3.36. The Kier molecular flexibility index (Phi) is 4.93. The van der Waals surface area contributed by atoms with Crippen molar-refractivity contribution in [3.05, 3.63) is 48.0 Å². The average Bonchev–Trinajstić information content (AvgIpc) is 2.46. The molecule has 3 nitrogen and oxygen atoms in total. The lowest BCUT2D eigenvalue weighted by Crippen LogP contribution is -2.39. The number of benzene rings is 2. The predicted octanol–water partition coefficient (Wildman–Crippen LogP) is 2.98. The number of hydrogen-bond donors (Lipinski definition) is 1. The Bertz CT molecular complexity index is 571. The van der Waals surface area contributed by atoms with Crippen LogP contribution in [0.3, 0.4) is 0 Å². The number of rotatable bonds is 5. The van der Waals surface area contributed by atoms with E-state index in [1.807, 2.05) is 42.5 Å². The van der Waals surface area contributed by atoms with E-state index >= 15 is 0 Å². The van der Waals surface area contributed by atoms with Gasteiger partial charge in [-0.3, -0.25) is 4.79 Å². The van der Waals surface area contributed by atoms with Crippen molar-refractivity contribution in [2.75, 3.05) is 19.0 Å². The van der Waals surface area contributed by atoms with Crippen molar-refractivity contribution in [2.45, 2.75) is 6.04 Å². The molecule has 0 aliphatic heterocycles. The molecule has 0 aliphatic carbocycles. The second-order valence-electron chi connectivity index (χ2n) is 4.34. The molecule has 2 aromatic carbocycles. The summed E-state index contributed by atoms with van der Waals surface area (Å²) in [5, 5.41) is 5.80. The van der Waals surface area contributed by atoms with E-state index in [1.54, 1.807) is 7.11 Å². The molecule has 4 heteroatoms. The molecule has 0 radical (unpaired) electrons. The lowest BCUT2D eigenvalue weighted by Gasteiger charge is -2.15. The largest absolute Gasteiger partial charge is 0.383 e. The highest BCUT2D eigenvalue weighted by Crippen LogP contribution is 2.15. The van der Waals surface area contributed by atoms with E-state index in [4.69, 9.17) is 4.74 Å². The first-order chi connectivity index (χ1) is 9.24. The number of halogens is 1. The van der Waals surface area contributed by atoms with Gasteiger partial charge in [0.15, 0.2) is 0 Å². The number of fused-ring (bicyclic) bond motifs is 1. The van der Waals surface area contributed by atoms with Crippen LogP contribution in [0.1, 0.15) is 10.4 Å². The molecule has 0 saturated heterocycles. The molecule has 2 rings (SSSR count). The number of hydrogen-bond acceptors (Lipinski definition) is 2. The van der Waals surface area contributed by atoms with Gasteiger partial charge in [-0.1, -0.05) is 46.3 Å². The molecule has 0 spiro atoms. The van der Waals surface area contributed by atoms with E-state index in [2.05, 4.69) is 21.2 Å². The summed E-state index contributed by atoms with van der Waals surface area (Å²) in [5.41, 5.74) is 0.667. The molecule has 0 fully saturated rings. The standard InChI is InChI=1S/C15H16BrNO2/c1-19-10-14(9-16)17-15(18)13-7-6-11-4-2-3-5-12(11)8-13/h2-8,14H,9-10H2,1H3,(H,17,18). The highest BCUT2D eigenvalue weighted by atomic mass is 79.9. The maximum absolute atomic E-state index is 12.1. The summed E-state index contributed by atoms with van der Waals surface area (Å²) in [6.45, 7) is 0.491. The van der Waals surface area contributed by atoms with Crippen LogP contribution in [-0.4, -0.2) is 31.0 Å². The summed E-state index contributed by atoms with van der Waals surface area (Å²) < 4.78 is 5.06. The highest BCUT2D eigenvalue weighted by molar-refractivity contribution is 9.09. The van der Waals surface area contributed by atoms with Gasteiger partial charge in [-0.15, -0.1) is 0 Å². The second kappa shape index (κ2) is 6.68. The van der Waals surface area contributed by atoms with Crippen LogP contribution in [-0.2, 0) is 4.74 Å². The first-order valence-electron chi connectivity index (χ1n) is 6.09. The van der Waals surface area contributed by atoms with Gasteiger partial charge in [0.25, 0.3) is 5.91 Å². The number of methoxy groups -OCH3 is 1. The van der Waals surface area contributed by atoms with Gasteiger partial charge in [0.2, 0.25) is 0 Å². The number of ether oxygens (including phenoxy) is 1. The van der Waals surface area contributed by atoms with Crippen LogP contribution < -0.4 is 5.32 Å². The van der Waals surface area contributed by atoms with Crippen molar-refractivity contribution in [1.82, 2.24) is 5.32 Å². The first-order valence-corrected chi connectivity index (χ1v) is 7.21. The van der Waals surface area contributed by atoms with Crippen molar-refractivity contribution in [1.29, 1.82) is 0 Å². The molecular weight excluding hydrogens is 306 g/mol. The molecule has 1 atom stereocenters. The fourth-order valence-electron chi connectivity index (χ4n) is 1.93. The van der Waals surface area contributed by atoms with Crippen LogP contribution in [0.2, 0.25) is 0 Å². The van der Waals surface area contributed by atoms with Crippen LogP contribution >= 0.6 is 15.9 Å². The Balaban J connectivity index is 2.16. The van der Waals surface area contributed by atoms with Crippen LogP contribution in [0.15, 0.2) is 42.5 Å². The Hall–Kier alpha value is -1.39. The molecule has 0 saturated carbocycles. The SMILES string of the molecule is COCC(CBr)NC(=O)c1ccc2ccccc2c1. The Morgan fingerprint density at radius 2 is 2.00 bits per heavy atom. The fraction of sp³-hybridized carbons (Fsp3) is 0.267. The normalized spacial score (nSPS) is 12.3. The van der Waals surface area contributed by atoms with E-state index in [9.17, 15) is 4.79 Å². The zero-order chi connectivity index (χ0) is 13.7. The highest BCUT2D eigenvalue weighted by Gasteiger charge is 2.12. The molecular formula is C15H16BrNO2. The number of alkyl halides is 1. The zero-order valence-electron chi connectivity index (χ0n) is 10.7.